The third-order valence-electron chi connectivity index (χ3n) is 4.24. The van der Waals surface area contributed by atoms with Crippen LogP contribution in [0.2, 0.25) is 0 Å². The molecule has 2 aliphatic heterocycles. The molecular weight excluding hydrogens is 332 g/mol. The van der Waals surface area contributed by atoms with Crippen LogP contribution in [0.15, 0.2) is 52.6 Å². The first-order chi connectivity index (χ1) is 12.3. The monoisotopic (exact) mass is 350 g/mol. The predicted octanol–water partition coefficient (Wildman–Crippen LogP) is 3.60. The average molecular weight is 350 g/mol. The van der Waals surface area contributed by atoms with E-state index >= 15 is 0 Å². The van der Waals surface area contributed by atoms with E-state index in [1.165, 1.54) is 31.0 Å². The van der Waals surface area contributed by atoms with Gasteiger partial charge in [0.1, 0.15) is 0 Å². The number of amidine groups is 1. The molecule has 5 nitrogen and oxygen atoms in total. The zero-order chi connectivity index (χ0) is 17.1. The molecule has 6 heteroatoms. The topological polar surface area (TPSA) is 58.5 Å². The van der Waals surface area contributed by atoms with Crippen LogP contribution in [0.3, 0.4) is 0 Å². The van der Waals surface area contributed by atoms with Crippen molar-refractivity contribution in [3.05, 3.63) is 53.2 Å². The van der Waals surface area contributed by atoms with Gasteiger partial charge in [0.05, 0.1) is 4.91 Å². The molecule has 25 heavy (non-hydrogen) atoms. The van der Waals surface area contributed by atoms with Crippen molar-refractivity contribution in [2.75, 3.05) is 13.1 Å². The Labute approximate surface area is 150 Å². The van der Waals surface area contributed by atoms with E-state index in [4.69, 9.17) is 0 Å². The highest BCUT2D eigenvalue weighted by Gasteiger charge is 2.26. The van der Waals surface area contributed by atoms with Crippen LogP contribution in [-0.4, -0.2) is 39.0 Å². The lowest BCUT2D eigenvalue weighted by atomic mass is 10.1. The van der Waals surface area contributed by atoms with Gasteiger partial charge in [0.15, 0.2) is 11.0 Å². The fourth-order valence-electron chi connectivity index (χ4n) is 2.92. The van der Waals surface area contributed by atoms with Crippen molar-refractivity contribution >= 4 is 28.9 Å². The second-order valence-electron chi connectivity index (χ2n) is 6.06. The summed E-state index contributed by atoms with van der Waals surface area (Å²) in [4.78, 5) is 28.0. The van der Waals surface area contributed by atoms with Crippen LogP contribution in [0.4, 0.5) is 0 Å². The summed E-state index contributed by atoms with van der Waals surface area (Å²) in [7, 11) is 0. The van der Waals surface area contributed by atoms with E-state index < -0.39 is 0 Å². The van der Waals surface area contributed by atoms with Crippen molar-refractivity contribution in [3.8, 4) is 11.4 Å². The van der Waals surface area contributed by atoms with Crippen LogP contribution in [0.1, 0.15) is 24.8 Å². The molecule has 0 saturated carbocycles. The summed E-state index contributed by atoms with van der Waals surface area (Å²) in [5, 5.41) is 0.831. The standard InChI is InChI=1S/C19H18N4OS/c24-18-16(25-19(22-18)23-9-5-2-6-10-23)11-14-12-20-17(21-13-14)15-7-3-1-4-8-15/h1,3-4,7-8,11-13H,2,5-6,9-10H2. The summed E-state index contributed by atoms with van der Waals surface area (Å²) in [6.45, 7) is 1.97. The highest BCUT2D eigenvalue weighted by molar-refractivity contribution is 8.18. The molecule has 1 amide bonds. The van der Waals surface area contributed by atoms with Gasteiger partial charge in [0.25, 0.3) is 5.91 Å². The Morgan fingerprint density at radius 1 is 1.00 bits per heavy atom. The zero-order valence-corrected chi connectivity index (χ0v) is 14.6. The van der Waals surface area contributed by atoms with E-state index in [1.54, 1.807) is 12.4 Å². The molecule has 0 aliphatic carbocycles. The smallest absolute Gasteiger partial charge is 0.286 e. The van der Waals surface area contributed by atoms with Gasteiger partial charge in [-0.2, -0.15) is 4.99 Å². The molecule has 1 aromatic heterocycles. The lowest BCUT2D eigenvalue weighted by Gasteiger charge is -2.27. The summed E-state index contributed by atoms with van der Waals surface area (Å²) in [6.07, 6.45) is 8.91. The second kappa shape index (κ2) is 7.19. The van der Waals surface area contributed by atoms with Crippen LogP contribution >= 0.6 is 11.8 Å². The molecule has 3 heterocycles. The van der Waals surface area contributed by atoms with Crippen LogP contribution in [0.25, 0.3) is 17.5 Å². The fraction of sp³-hybridized carbons (Fsp3) is 0.263. The predicted molar refractivity (Wildman–Crippen MR) is 101 cm³/mol. The van der Waals surface area contributed by atoms with Crippen LogP contribution in [0, 0.1) is 0 Å². The van der Waals surface area contributed by atoms with Gasteiger partial charge in [-0.15, -0.1) is 0 Å². The lowest BCUT2D eigenvalue weighted by molar-refractivity contribution is -0.113. The van der Waals surface area contributed by atoms with Gasteiger partial charge in [0.2, 0.25) is 0 Å². The molecule has 1 saturated heterocycles. The Hall–Kier alpha value is -2.47. The van der Waals surface area contributed by atoms with E-state index in [9.17, 15) is 4.79 Å². The van der Waals surface area contributed by atoms with Gasteiger partial charge in [-0.3, -0.25) is 4.79 Å². The first kappa shape index (κ1) is 16.0. The molecule has 0 bridgehead atoms. The second-order valence-corrected chi connectivity index (χ2v) is 7.07. The van der Waals surface area contributed by atoms with Gasteiger partial charge in [-0.05, 0) is 37.1 Å². The Balaban J connectivity index is 1.49. The third-order valence-corrected chi connectivity index (χ3v) is 5.28. The summed E-state index contributed by atoms with van der Waals surface area (Å²) in [5.41, 5.74) is 1.79. The number of benzene rings is 1. The quantitative estimate of drug-likeness (QED) is 0.775. The minimum Gasteiger partial charge on any atom is -0.351 e. The Bertz CT molecular complexity index is 824. The summed E-state index contributed by atoms with van der Waals surface area (Å²) in [6, 6.07) is 9.83. The molecule has 2 aliphatic rings. The maximum absolute atomic E-state index is 12.2. The van der Waals surface area contributed by atoms with Crippen molar-refractivity contribution in [3.63, 3.8) is 0 Å². The highest BCUT2D eigenvalue weighted by Crippen LogP contribution is 2.31. The van der Waals surface area contributed by atoms with Gasteiger partial charge in [-0.25, -0.2) is 9.97 Å². The highest BCUT2D eigenvalue weighted by atomic mass is 32.2. The number of thioether (sulfide) groups is 1. The first-order valence-electron chi connectivity index (χ1n) is 8.44. The Morgan fingerprint density at radius 2 is 1.72 bits per heavy atom. The maximum atomic E-state index is 12.2. The van der Waals surface area contributed by atoms with Gasteiger partial charge < -0.3 is 4.90 Å². The van der Waals surface area contributed by atoms with Gasteiger partial charge >= 0.3 is 0 Å². The molecule has 0 radical (unpaired) electrons. The van der Waals surface area contributed by atoms with E-state index in [2.05, 4.69) is 19.9 Å². The number of amides is 1. The maximum Gasteiger partial charge on any atom is 0.286 e. The molecule has 4 rings (SSSR count). The van der Waals surface area contributed by atoms with Crippen molar-refractivity contribution < 1.29 is 4.79 Å². The molecule has 0 N–H and O–H groups in total. The minimum atomic E-state index is -0.169. The number of hydrogen-bond donors (Lipinski definition) is 0. The average Bonchev–Trinajstić information content (AvgIpc) is 3.04. The number of carbonyl (C=O) groups is 1. The number of aliphatic imine (C=N–C) groups is 1. The first-order valence-corrected chi connectivity index (χ1v) is 9.26. The molecule has 2 aromatic rings. The number of nitrogens with zero attached hydrogens (tertiary/aromatic N) is 4. The minimum absolute atomic E-state index is 0.169. The van der Waals surface area contributed by atoms with Crippen molar-refractivity contribution in [1.29, 1.82) is 0 Å². The van der Waals surface area contributed by atoms with E-state index in [0.29, 0.717) is 10.7 Å². The summed E-state index contributed by atoms with van der Waals surface area (Å²) < 4.78 is 0. The molecular formula is C19H18N4OS. The molecule has 126 valence electrons. The largest absolute Gasteiger partial charge is 0.351 e. The molecule has 1 fully saturated rings. The van der Waals surface area contributed by atoms with Gasteiger partial charge in [0, 0.05) is 36.6 Å². The van der Waals surface area contributed by atoms with Crippen molar-refractivity contribution in [2.24, 2.45) is 4.99 Å². The summed E-state index contributed by atoms with van der Waals surface area (Å²) >= 11 is 1.45. The van der Waals surface area contributed by atoms with Crippen LogP contribution < -0.4 is 0 Å². The van der Waals surface area contributed by atoms with E-state index in [0.717, 1.165) is 29.4 Å². The SMILES string of the molecule is O=C1N=C(N2CCCCC2)SC1=Cc1cnc(-c2ccccc2)nc1. The fourth-order valence-corrected chi connectivity index (χ4v) is 3.88. The number of carbonyl (C=O) groups excluding carboxylic acids is 1. The van der Waals surface area contributed by atoms with Crippen molar-refractivity contribution in [1.82, 2.24) is 14.9 Å². The number of hydrogen-bond acceptors (Lipinski definition) is 5. The van der Waals surface area contributed by atoms with E-state index in [1.807, 2.05) is 36.4 Å². The molecule has 0 unspecified atom stereocenters. The van der Waals surface area contributed by atoms with Crippen LogP contribution in [0.5, 0.6) is 0 Å². The molecule has 1 aromatic carbocycles. The summed E-state index contributed by atoms with van der Waals surface area (Å²) in [5.74, 6) is 0.510. The van der Waals surface area contributed by atoms with Crippen LogP contribution in [-0.2, 0) is 4.79 Å². The normalized spacial score (nSPS) is 19.4. The van der Waals surface area contributed by atoms with Crippen molar-refractivity contribution in [2.45, 2.75) is 19.3 Å². The number of rotatable bonds is 2. The Kier molecular flexibility index (Phi) is 4.61. The van der Waals surface area contributed by atoms with E-state index in [-0.39, 0.29) is 5.91 Å². The Morgan fingerprint density at radius 3 is 2.44 bits per heavy atom. The number of piperidine rings is 1. The third kappa shape index (κ3) is 3.64. The van der Waals surface area contributed by atoms with Gasteiger partial charge in [-0.1, -0.05) is 30.3 Å². The molecule has 0 atom stereocenters. The zero-order valence-electron chi connectivity index (χ0n) is 13.8. The number of aromatic nitrogens is 2. The number of likely N-dealkylation sites (tertiary alicyclic amines) is 1. The molecule has 0 spiro atoms. The lowest BCUT2D eigenvalue weighted by Crippen LogP contribution is -2.33.